The molecule has 1 aromatic heterocycles. The van der Waals surface area contributed by atoms with E-state index in [1.165, 1.54) is 18.2 Å². The number of carbonyl (C=O) groups excluding carboxylic acids is 1. The summed E-state index contributed by atoms with van der Waals surface area (Å²) < 4.78 is 35.2. The number of ether oxygens (including phenoxy) is 1. The number of aryl methyl sites for hydroxylation is 1. The van der Waals surface area contributed by atoms with E-state index < -0.39 is 18.6 Å². The van der Waals surface area contributed by atoms with Crippen LogP contribution in [0.5, 0.6) is 5.75 Å². The summed E-state index contributed by atoms with van der Waals surface area (Å²) in [7, 11) is 0. The Bertz CT molecular complexity index is 793. The average Bonchev–Trinajstić information content (AvgIpc) is 2.98. The molecule has 1 aromatic carbocycles. The molecular formula is C17H18BrF2N3O3. The lowest BCUT2D eigenvalue weighted by molar-refractivity contribution is -0.117. The Morgan fingerprint density at radius 1 is 1.38 bits per heavy atom. The number of rotatable bonds is 7. The number of alkyl halides is 2. The Hall–Kier alpha value is -2.29. The van der Waals surface area contributed by atoms with Gasteiger partial charge in [-0.15, -0.1) is 0 Å². The molecule has 0 saturated carbocycles. The lowest BCUT2D eigenvalue weighted by atomic mass is 10.0. The molecule has 26 heavy (non-hydrogen) atoms. The monoisotopic (exact) mass is 429 g/mol. The second kappa shape index (κ2) is 8.88. The van der Waals surface area contributed by atoms with Crippen LogP contribution in [0.1, 0.15) is 37.2 Å². The molecule has 0 aliphatic heterocycles. The van der Waals surface area contributed by atoms with Gasteiger partial charge in [0.1, 0.15) is 11.8 Å². The molecule has 0 spiro atoms. The molecule has 0 aliphatic carbocycles. The van der Waals surface area contributed by atoms with Gasteiger partial charge < -0.3 is 14.6 Å². The minimum atomic E-state index is -2.96. The van der Waals surface area contributed by atoms with Crippen molar-refractivity contribution in [2.75, 3.05) is 0 Å². The number of amides is 1. The van der Waals surface area contributed by atoms with Crippen molar-refractivity contribution in [1.29, 1.82) is 0 Å². The lowest BCUT2D eigenvalue weighted by Crippen LogP contribution is -2.30. The van der Waals surface area contributed by atoms with Gasteiger partial charge in [-0.25, -0.2) is 0 Å². The minimum absolute atomic E-state index is 0.01000. The van der Waals surface area contributed by atoms with E-state index in [1.54, 1.807) is 19.1 Å². The Morgan fingerprint density at radius 2 is 2.12 bits per heavy atom. The molecule has 1 unspecified atom stereocenters. The smallest absolute Gasteiger partial charge is 0.387 e. The first kappa shape index (κ1) is 20.0. The van der Waals surface area contributed by atoms with Crippen LogP contribution in [0.15, 0.2) is 33.3 Å². The van der Waals surface area contributed by atoms with Crippen LogP contribution in [0.4, 0.5) is 8.78 Å². The van der Waals surface area contributed by atoms with Gasteiger partial charge in [0.25, 0.3) is 0 Å². The van der Waals surface area contributed by atoms with E-state index in [0.717, 1.165) is 0 Å². The predicted molar refractivity (Wildman–Crippen MR) is 94.6 cm³/mol. The largest absolute Gasteiger partial charge is 0.434 e. The first-order valence-corrected chi connectivity index (χ1v) is 8.58. The zero-order valence-corrected chi connectivity index (χ0v) is 16.0. The summed E-state index contributed by atoms with van der Waals surface area (Å²) in [6, 6.07) is 4.07. The summed E-state index contributed by atoms with van der Waals surface area (Å²) in [5.41, 5.74) is 0.338. The summed E-state index contributed by atoms with van der Waals surface area (Å²) in [6.45, 7) is 2.53. The van der Waals surface area contributed by atoms with Gasteiger partial charge in [-0.1, -0.05) is 34.9 Å². The number of hydrogen-bond acceptors (Lipinski definition) is 5. The van der Waals surface area contributed by atoms with Crippen molar-refractivity contribution in [2.24, 2.45) is 5.92 Å². The number of carbonyl (C=O) groups is 1. The Kier molecular flexibility index (Phi) is 6.84. The van der Waals surface area contributed by atoms with Crippen LogP contribution in [-0.2, 0) is 4.79 Å². The topological polar surface area (TPSA) is 77.2 Å². The van der Waals surface area contributed by atoms with E-state index in [0.29, 0.717) is 21.8 Å². The third-order valence-corrected chi connectivity index (χ3v) is 3.87. The van der Waals surface area contributed by atoms with Gasteiger partial charge in [0.15, 0.2) is 5.82 Å². The standard InChI is InChI=1S/C17H18BrF2N3O3/c1-9(2)15(16-21-10(3)23-26-16)22-14(24)7-4-11-8-12(18)5-6-13(11)25-17(19)20/h4-9,15,17H,1-3H3,(H,22,24)/b7-4+. The van der Waals surface area contributed by atoms with Crippen LogP contribution in [0, 0.1) is 12.8 Å². The molecule has 0 radical (unpaired) electrons. The normalized spacial score (nSPS) is 12.8. The Balaban J connectivity index is 2.14. The molecule has 9 heteroatoms. The molecule has 1 amide bonds. The minimum Gasteiger partial charge on any atom is -0.434 e. The summed E-state index contributed by atoms with van der Waals surface area (Å²) in [5.74, 6) is 0.334. The fourth-order valence-electron chi connectivity index (χ4n) is 2.17. The molecule has 1 heterocycles. The van der Waals surface area contributed by atoms with E-state index in [1.807, 2.05) is 13.8 Å². The van der Waals surface area contributed by atoms with Gasteiger partial charge in [-0.05, 0) is 37.1 Å². The molecule has 1 N–H and O–H groups in total. The molecule has 1 atom stereocenters. The third-order valence-electron chi connectivity index (χ3n) is 3.38. The van der Waals surface area contributed by atoms with E-state index >= 15 is 0 Å². The highest BCUT2D eigenvalue weighted by atomic mass is 79.9. The van der Waals surface area contributed by atoms with E-state index in [9.17, 15) is 13.6 Å². The highest BCUT2D eigenvalue weighted by molar-refractivity contribution is 9.10. The van der Waals surface area contributed by atoms with Crippen molar-refractivity contribution in [3.8, 4) is 5.75 Å². The van der Waals surface area contributed by atoms with Crippen molar-refractivity contribution in [2.45, 2.75) is 33.4 Å². The molecule has 0 saturated heterocycles. The number of nitrogens with one attached hydrogen (secondary N) is 1. The van der Waals surface area contributed by atoms with Crippen LogP contribution < -0.4 is 10.1 Å². The highest BCUT2D eigenvalue weighted by Crippen LogP contribution is 2.26. The SMILES string of the molecule is Cc1noc(C(NC(=O)/C=C/c2cc(Br)ccc2OC(F)F)C(C)C)n1. The summed E-state index contributed by atoms with van der Waals surface area (Å²) in [6.07, 6.45) is 2.63. The number of benzene rings is 1. The molecule has 2 aromatic rings. The third kappa shape index (κ3) is 5.62. The lowest BCUT2D eigenvalue weighted by Gasteiger charge is -2.17. The van der Waals surface area contributed by atoms with E-state index in [-0.39, 0.29) is 11.7 Å². The van der Waals surface area contributed by atoms with Crippen molar-refractivity contribution < 1.29 is 22.8 Å². The van der Waals surface area contributed by atoms with Crippen LogP contribution in [0.2, 0.25) is 0 Å². The maximum absolute atomic E-state index is 12.5. The second-order valence-electron chi connectivity index (χ2n) is 5.80. The summed E-state index contributed by atoms with van der Waals surface area (Å²) in [5, 5.41) is 6.49. The molecular weight excluding hydrogens is 412 g/mol. The van der Waals surface area contributed by atoms with Gasteiger partial charge in [0.2, 0.25) is 11.8 Å². The molecule has 140 valence electrons. The van der Waals surface area contributed by atoms with Crippen molar-refractivity contribution >= 4 is 27.9 Å². The Labute approximate surface area is 157 Å². The zero-order valence-electron chi connectivity index (χ0n) is 14.4. The molecule has 0 aliphatic rings. The van der Waals surface area contributed by atoms with E-state index in [4.69, 9.17) is 4.52 Å². The van der Waals surface area contributed by atoms with Crippen molar-refractivity contribution in [3.63, 3.8) is 0 Å². The molecule has 0 bridgehead atoms. The maximum Gasteiger partial charge on any atom is 0.387 e. The molecule has 6 nitrogen and oxygen atoms in total. The zero-order chi connectivity index (χ0) is 19.3. The quantitative estimate of drug-likeness (QED) is 0.664. The summed E-state index contributed by atoms with van der Waals surface area (Å²) in [4.78, 5) is 16.4. The number of halogens is 3. The van der Waals surface area contributed by atoms with Crippen molar-refractivity contribution in [1.82, 2.24) is 15.5 Å². The molecule has 2 rings (SSSR count). The number of aromatic nitrogens is 2. The fraction of sp³-hybridized carbons (Fsp3) is 0.353. The first-order valence-electron chi connectivity index (χ1n) is 7.79. The van der Waals surface area contributed by atoms with Gasteiger partial charge in [-0.2, -0.15) is 13.8 Å². The van der Waals surface area contributed by atoms with Gasteiger partial charge in [0, 0.05) is 16.1 Å². The van der Waals surface area contributed by atoms with Crippen LogP contribution in [0.25, 0.3) is 6.08 Å². The van der Waals surface area contributed by atoms with Gasteiger partial charge in [-0.3, -0.25) is 4.79 Å². The van der Waals surface area contributed by atoms with Gasteiger partial charge in [0.05, 0.1) is 0 Å². The highest BCUT2D eigenvalue weighted by Gasteiger charge is 2.23. The maximum atomic E-state index is 12.5. The number of hydrogen-bond donors (Lipinski definition) is 1. The van der Waals surface area contributed by atoms with Crippen molar-refractivity contribution in [3.05, 3.63) is 46.0 Å². The first-order chi connectivity index (χ1) is 12.3. The summed E-state index contributed by atoms with van der Waals surface area (Å²) >= 11 is 3.26. The predicted octanol–water partition coefficient (Wildman–Crippen LogP) is 4.27. The average molecular weight is 430 g/mol. The van der Waals surface area contributed by atoms with E-state index in [2.05, 4.69) is 36.1 Å². The fourth-order valence-corrected chi connectivity index (χ4v) is 2.55. The molecule has 0 fully saturated rings. The van der Waals surface area contributed by atoms with Gasteiger partial charge >= 0.3 is 6.61 Å². The van der Waals surface area contributed by atoms with Crippen LogP contribution in [0.3, 0.4) is 0 Å². The second-order valence-corrected chi connectivity index (χ2v) is 6.72. The number of nitrogens with zero attached hydrogens (tertiary/aromatic N) is 2. The van der Waals surface area contributed by atoms with Crippen LogP contribution in [-0.4, -0.2) is 22.7 Å². The Morgan fingerprint density at radius 3 is 2.69 bits per heavy atom. The van der Waals surface area contributed by atoms with Crippen LogP contribution >= 0.6 is 15.9 Å².